The monoisotopic (exact) mass is 388 g/mol. The van der Waals surface area contributed by atoms with Crippen LogP contribution in [0.15, 0.2) is 45.2 Å². The van der Waals surface area contributed by atoms with Gasteiger partial charge in [0.05, 0.1) is 11.1 Å². The minimum absolute atomic E-state index is 0.257. The largest absolute Gasteiger partial charge is 0.440 e. The molecular formula is C19H20N2O3S2. The summed E-state index contributed by atoms with van der Waals surface area (Å²) < 4.78 is 34.1. The maximum Gasteiger partial charge on any atom is 0.271 e. The van der Waals surface area contributed by atoms with E-state index in [-0.39, 0.29) is 4.21 Å². The molecule has 136 valence electrons. The SMILES string of the molecule is Cc1ccc(NS(=O)(=O)c2ccc(-c3cnc(C4CCC4)o3)s2)cc1C. The van der Waals surface area contributed by atoms with Crippen LogP contribution in [0.5, 0.6) is 0 Å². The van der Waals surface area contributed by atoms with Crippen LogP contribution in [0.3, 0.4) is 0 Å². The van der Waals surface area contributed by atoms with E-state index in [4.69, 9.17) is 4.42 Å². The van der Waals surface area contributed by atoms with E-state index in [0.29, 0.717) is 17.4 Å². The number of thiophene rings is 1. The molecule has 7 heteroatoms. The third kappa shape index (κ3) is 3.29. The minimum atomic E-state index is -3.63. The van der Waals surface area contributed by atoms with Crippen LogP contribution in [0.2, 0.25) is 0 Å². The van der Waals surface area contributed by atoms with E-state index in [0.717, 1.165) is 34.7 Å². The number of hydrogen-bond acceptors (Lipinski definition) is 5. The first kappa shape index (κ1) is 17.3. The molecule has 2 heterocycles. The molecule has 3 aromatic rings. The van der Waals surface area contributed by atoms with Crippen LogP contribution >= 0.6 is 11.3 Å². The topological polar surface area (TPSA) is 72.2 Å². The molecule has 0 aliphatic heterocycles. The third-order valence-electron chi connectivity index (χ3n) is 4.83. The first-order valence-corrected chi connectivity index (χ1v) is 10.9. The number of anilines is 1. The van der Waals surface area contributed by atoms with Crippen LogP contribution in [-0.4, -0.2) is 13.4 Å². The number of aryl methyl sites for hydroxylation is 2. The summed E-state index contributed by atoms with van der Waals surface area (Å²) in [7, 11) is -3.63. The molecular weight excluding hydrogens is 368 g/mol. The molecule has 1 aliphatic rings. The fraction of sp³-hybridized carbons (Fsp3) is 0.316. The molecule has 26 heavy (non-hydrogen) atoms. The van der Waals surface area contributed by atoms with Crippen LogP contribution in [0, 0.1) is 13.8 Å². The van der Waals surface area contributed by atoms with Crippen LogP contribution in [0.25, 0.3) is 10.6 Å². The first-order valence-electron chi connectivity index (χ1n) is 8.58. The predicted molar refractivity (Wildman–Crippen MR) is 103 cm³/mol. The average molecular weight is 389 g/mol. The highest BCUT2D eigenvalue weighted by Crippen LogP contribution is 2.38. The van der Waals surface area contributed by atoms with Crippen LogP contribution in [0.1, 0.15) is 42.2 Å². The summed E-state index contributed by atoms with van der Waals surface area (Å²) >= 11 is 1.19. The summed E-state index contributed by atoms with van der Waals surface area (Å²) in [6, 6.07) is 8.89. The van der Waals surface area contributed by atoms with E-state index in [1.165, 1.54) is 17.8 Å². The van der Waals surface area contributed by atoms with E-state index in [1.54, 1.807) is 24.4 Å². The smallest absolute Gasteiger partial charge is 0.271 e. The van der Waals surface area contributed by atoms with Gasteiger partial charge in [0.1, 0.15) is 4.21 Å². The van der Waals surface area contributed by atoms with Gasteiger partial charge in [0.25, 0.3) is 10.0 Å². The predicted octanol–water partition coefficient (Wildman–Crippen LogP) is 5.09. The van der Waals surface area contributed by atoms with Crippen molar-refractivity contribution >= 4 is 27.0 Å². The molecule has 0 bridgehead atoms. The van der Waals surface area contributed by atoms with Gasteiger partial charge in [-0.05, 0) is 62.1 Å². The van der Waals surface area contributed by atoms with Crippen LogP contribution < -0.4 is 4.72 Å². The number of rotatable bonds is 5. The Bertz CT molecular complexity index is 1050. The normalized spacial score (nSPS) is 15.0. The van der Waals surface area contributed by atoms with Crippen molar-refractivity contribution in [3.63, 3.8) is 0 Å². The molecule has 1 saturated carbocycles. The van der Waals surface area contributed by atoms with E-state index < -0.39 is 10.0 Å². The zero-order valence-corrected chi connectivity index (χ0v) is 16.3. The van der Waals surface area contributed by atoms with Crippen molar-refractivity contribution in [3.8, 4) is 10.6 Å². The van der Waals surface area contributed by atoms with Gasteiger partial charge in [-0.3, -0.25) is 4.72 Å². The molecule has 0 radical (unpaired) electrons. The van der Waals surface area contributed by atoms with Crippen molar-refractivity contribution < 1.29 is 12.8 Å². The highest BCUT2D eigenvalue weighted by molar-refractivity contribution is 7.94. The number of hydrogen-bond donors (Lipinski definition) is 1. The van der Waals surface area contributed by atoms with Gasteiger partial charge in [-0.2, -0.15) is 0 Å². The first-order chi connectivity index (χ1) is 12.4. The Morgan fingerprint density at radius 1 is 1.15 bits per heavy atom. The van der Waals surface area contributed by atoms with Gasteiger partial charge in [-0.25, -0.2) is 13.4 Å². The summed E-state index contributed by atoms with van der Waals surface area (Å²) in [5, 5.41) is 0. The molecule has 4 rings (SSSR count). The Balaban J connectivity index is 1.56. The maximum absolute atomic E-state index is 12.7. The summed E-state index contributed by atoms with van der Waals surface area (Å²) in [6.45, 7) is 3.95. The highest BCUT2D eigenvalue weighted by Gasteiger charge is 2.25. The molecule has 1 N–H and O–H groups in total. The third-order valence-corrected chi connectivity index (χ3v) is 7.80. The van der Waals surface area contributed by atoms with E-state index in [2.05, 4.69) is 9.71 Å². The lowest BCUT2D eigenvalue weighted by molar-refractivity contribution is 0.338. The van der Waals surface area contributed by atoms with Gasteiger partial charge in [-0.1, -0.05) is 12.5 Å². The van der Waals surface area contributed by atoms with E-state index in [9.17, 15) is 8.42 Å². The van der Waals surface area contributed by atoms with E-state index in [1.807, 2.05) is 26.0 Å². The fourth-order valence-electron chi connectivity index (χ4n) is 2.85. The fourth-order valence-corrected chi connectivity index (χ4v) is 5.15. The van der Waals surface area contributed by atoms with E-state index >= 15 is 0 Å². The molecule has 0 saturated heterocycles. The summed E-state index contributed by atoms with van der Waals surface area (Å²) in [6.07, 6.45) is 5.13. The van der Waals surface area contributed by atoms with Gasteiger partial charge >= 0.3 is 0 Å². The van der Waals surface area contributed by atoms with Crippen molar-refractivity contribution in [2.45, 2.75) is 43.2 Å². The van der Waals surface area contributed by atoms with Gasteiger partial charge in [0, 0.05) is 11.6 Å². The summed E-state index contributed by atoms with van der Waals surface area (Å²) in [5.41, 5.74) is 2.73. The Hall–Kier alpha value is -2.12. The number of nitrogens with one attached hydrogen (secondary N) is 1. The quantitative estimate of drug-likeness (QED) is 0.661. The molecule has 0 spiro atoms. The molecule has 1 aliphatic carbocycles. The van der Waals surface area contributed by atoms with Crippen molar-refractivity contribution in [3.05, 3.63) is 53.5 Å². The summed E-state index contributed by atoms with van der Waals surface area (Å²) in [4.78, 5) is 5.11. The van der Waals surface area contributed by atoms with Gasteiger partial charge in [-0.15, -0.1) is 11.3 Å². The number of oxazole rings is 1. The van der Waals surface area contributed by atoms with Crippen molar-refractivity contribution in [1.29, 1.82) is 0 Å². The molecule has 0 atom stereocenters. The second-order valence-corrected chi connectivity index (χ2v) is 9.71. The molecule has 1 aromatic carbocycles. The minimum Gasteiger partial charge on any atom is -0.440 e. The summed E-state index contributed by atoms with van der Waals surface area (Å²) in [5.74, 6) is 1.81. The lowest BCUT2D eigenvalue weighted by Gasteiger charge is -2.21. The Morgan fingerprint density at radius 3 is 2.65 bits per heavy atom. The van der Waals surface area contributed by atoms with Gasteiger partial charge < -0.3 is 4.42 Å². The zero-order chi connectivity index (χ0) is 18.3. The Morgan fingerprint density at radius 2 is 1.96 bits per heavy atom. The molecule has 2 aromatic heterocycles. The van der Waals surface area contributed by atoms with Crippen LogP contribution in [0.4, 0.5) is 5.69 Å². The molecule has 0 amide bonds. The average Bonchev–Trinajstić information content (AvgIpc) is 3.18. The lowest BCUT2D eigenvalue weighted by Crippen LogP contribution is -2.11. The Labute approximate surface area is 157 Å². The second-order valence-electron chi connectivity index (χ2n) is 6.71. The van der Waals surface area contributed by atoms with Crippen molar-refractivity contribution in [2.75, 3.05) is 4.72 Å². The Kier molecular flexibility index (Phi) is 4.36. The van der Waals surface area contributed by atoms with Crippen LogP contribution in [-0.2, 0) is 10.0 Å². The lowest BCUT2D eigenvalue weighted by atomic mass is 9.85. The molecule has 5 nitrogen and oxygen atoms in total. The van der Waals surface area contributed by atoms with Crippen molar-refractivity contribution in [1.82, 2.24) is 4.98 Å². The zero-order valence-electron chi connectivity index (χ0n) is 14.7. The standard InChI is InChI=1S/C19H20N2O3S2/c1-12-6-7-15(10-13(12)2)21-26(22,23)18-9-8-17(25-18)16-11-20-19(24-16)14-4-3-5-14/h6-11,14,21H,3-5H2,1-2H3. The second kappa shape index (κ2) is 6.55. The molecule has 0 unspecified atom stereocenters. The number of sulfonamides is 1. The number of benzene rings is 1. The number of aromatic nitrogens is 1. The maximum atomic E-state index is 12.7. The highest BCUT2D eigenvalue weighted by atomic mass is 32.2. The van der Waals surface area contributed by atoms with Crippen molar-refractivity contribution in [2.24, 2.45) is 0 Å². The molecule has 1 fully saturated rings. The van der Waals surface area contributed by atoms with Gasteiger partial charge in [0.2, 0.25) is 0 Å². The number of nitrogens with zero attached hydrogens (tertiary/aromatic N) is 1. The van der Waals surface area contributed by atoms with Gasteiger partial charge in [0.15, 0.2) is 11.7 Å².